The van der Waals surface area contributed by atoms with Crippen molar-refractivity contribution in [2.24, 2.45) is 47.3 Å². The van der Waals surface area contributed by atoms with E-state index in [1.54, 1.807) is 11.1 Å². The average Bonchev–Trinajstić information content (AvgIpc) is 3.07. The van der Waals surface area contributed by atoms with E-state index >= 15 is 0 Å². The third-order valence-corrected chi connectivity index (χ3v) is 11.9. The van der Waals surface area contributed by atoms with Crippen LogP contribution in [0.4, 0.5) is 0 Å². The first-order valence-electron chi connectivity index (χ1n) is 21.3. The van der Waals surface area contributed by atoms with Crippen LogP contribution in [0.2, 0.25) is 0 Å². The summed E-state index contributed by atoms with van der Waals surface area (Å²) in [6.07, 6.45) is 30.9. The first-order valence-corrected chi connectivity index (χ1v) is 21.3. The Morgan fingerprint density at radius 1 is 0.385 bits per heavy atom. The predicted molar refractivity (Wildman–Crippen MR) is 246 cm³/mol. The van der Waals surface area contributed by atoms with Crippen molar-refractivity contribution in [2.45, 2.75) is 241 Å². The molecule has 6 unspecified atom stereocenters. The Morgan fingerprint density at radius 3 is 0.788 bits per heavy atom. The van der Waals surface area contributed by atoms with Crippen LogP contribution in [0.5, 0.6) is 0 Å². The van der Waals surface area contributed by atoms with Gasteiger partial charge in [-0.3, -0.25) is 0 Å². The molecule has 0 amide bonds. The lowest BCUT2D eigenvalue weighted by molar-refractivity contribution is 0.000174. The lowest BCUT2D eigenvalue weighted by Crippen LogP contribution is -2.21. The first-order chi connectivity index (χ1) is 22.7. The van der Waals surface area contributed by atoms with Gasteiger partial charge in [0.25, 0.3) is 0 Å². The highest BCUT2D eigenvalue weighted by atomic mass is 16.5. The van der Waals surface area contributed by atoms with Gasteiger partial charge in [0.1, 0.15) is 0 Å². The van der Waals surface area contributed by atoms with Gasteiger partial charge in [-0.1, -0.05) is 160 Å². The second-order valence-electron chi connectivity index (χ2n) is 18.2. The van der Waals surface area contributed by atoms with Crippen molar-refractivity contribution in [1.29, 1.82) is 0 Å². The van der Waals surface area contributed by atoms with Crippen molar-refractivity contribution >= 4 is 0 Å². The van der Waals surface area contributed by atoms with Gasteiger partial charge in [0.15, 0.2) is 0 Å². The lowest BCUT2D eigenvalue weighted by Gasteiger charge is -2.23. The molecule has 2 aliphatic heterocycles. The van der Waals surface area contributed by atoms with E-state index in [-0.39, 0.29) is 32.6 Å². The molecule has 4 aliphatic carbocycles. The Hall–Kier alpha value is -0.600. The fraction of sp³-hybridized carbons (Fsp3) is 0.920. The highest BCUT2D eigenvalue weighted by Crippen LogP contribution is 2.28. The maximum Gasteiger partial charge on any atom is 0.0547 e. The summed E-state index contributed by atoms with van der Waals surface area (Å²) in [6, 6.07) is 0. The van der Waals surface area contributed by atoms with Crippen molar-refractivity contribution in [3.63, 3.8) is 0 Å². The molecule has 0 spiro atoms. The second-order valence-corrected chi connectivity index (χ2v) is 18.2. The van der Waals surface area contributed by atoms with Crippen LogP contribution in [-0.2, 0) is 9.47 Å². The fourth-order valence-corrected chi connectivity index (χ4v) is 7.08. The standard InChI is InChI=1S/2C8H16.2C8H14.2C7H14O.4CH4.2H2/c4*1-7-3-5-8(2)6-4-7;2*1-6-3-4-7(2)8-5-6;;;;;;/h2*7-8H,3-6H2,1-2H3;2*3,8H,4-6H2,1-2H3;2*6-7H,3-5H2,1-2H3;4*1H4;2*1H/i;;;;;;;;;;1+1;. The first kappa shape index (κ1) is 58.1. The minimum atomic E-state index is 0. The summed E-state index contributed by atoms with van der Waals surface area (Å²) in [5, 5.41) is 0. The van der Waals surface area contributed by atoms with Crippen molar-refractivity contribution in [3.8, 4) is 0 Å². The zero-order valence-electron chi connectivity index (χ0n) is 34.9. The lowest BCUT2D eigenvalue weighted by atomic mass is 9.84. The molecular formula is C50H108O2. The Bertz CT molecular complexity index is 660. The number of hydrogen-bond acceptors (Lipinski definition) is 2. The monoisotopic (exact) mass is 742 g/mol. The molecule has 320 valence electrons. The van der Waals surface area contributed by atoms with Crippen LogP contribution in [-0.4, -0.2) is 25.4 Å². The number of allylic oxidation sites excluding steroid dienone is 4. The number of hydrogen-bond donors (Lipinski definition) is 0. The molecule has 2 heteroatoms. The Labute approximate surface area is 335 Å². The molecule has 4 fully saturated rings. The summed E-state index contributed by atoms with van der Waals surface area (Å²) < 4.78 is 10.8. The Morgan fingerprint density at radius 2 is 0.635 bits per heavy atom. The minimum Gasteiger partial charge on any atom is -0.378 e. The summed E-state index contributed by atoms with van der Waals surface area (Å²) in [5.74, 6) is 7.56. The van der Waals surface area contributed by atoms with E-state index in [1.165, 1.54) is 116 Å². The average molecular weight is 742 g/mol. The summed E-state index contributed by atoms with van der Waals surface area (Å²) in [7, 11) is 0. The molecule has 0 aromatic rings. The smallest absolute Gasteiger partial charge is 0.0547 e. The topological polar surface area (TPSA) is 18.5 Å². The van der Waals surface area contributed by atoms with Gasteiger partial charge in [-0.25, -0.2) is 0 Å². The summed E-state index contributed by atoms with van der Waals surface area (Å²) in [5.41, 5.74) is 3.17. The molecule has 6 atom stereocenters. The van der Waals surface area contributed by atoms with Gasteiger partial charge in [0, 0.05) is 16.1 Å². The largest absolute Gasteiger partial charge is 0.378 e. The molecule has 2 heterocycles. The van der Waals surface area contributed by atoms with Gasteiger partial charge in [0.05, 0.1) is 12.2 Å². The fourth-order valence-electron chi connectivity index (χ4n) is 7.08. The maximum atomic E-state index is 5.39. The van der Waals surface area contributed by atoms with E-state index in [9.17, 15) is 0 Å². The maximum absolute atomic E-state index is 5.39. The third-order valence-electron chi connectivity index (χ3n) is 11.9. The van der Waals surface area contributed by atoms with E-state index < -0.39 is 0 Å². The van der Waals surface area contributed by atoms with Gasteiger partial charge in [-0.15, -0.1) is 0 Å². The van der Waals surface area contributed by atoms with Crippen molar-refractivity contribution in [2.75, 3.05) is 13.2 Å². The molecule has 52 heavy (non-hydrogen) atoms. The van der Waals surface area contributed by atoms with Crippen LogP contribution in [0.25, 0.3) is 0 Å². The van der Waals surface area contributed by atoms with Crippen molar-refractivity contribution in [3.05, 3.63) is 23.3 Å². The predicted octanol–water partition coefficient (Wildman–Crippen LogP) is 17.8. The third kappa shape index (κ3) is 32.8. The molecule has 0 N–H and O–H groups in total. The SMILES string of the molecule is C.C.C.C.CC1=CCC(C)CC1.CC1=CCC(C)CC1.CC1CCC(C)CC1.CC1CCC(C)CC1.CC1CCC(C)OC1.CC1CCC(C)OC1.[2HH].[HH]. The normalized spacial score (nSPS) is 33.6. The van der Waals surface area contributed by atoms with Crippen LogP contribution < -0.4 is 0 Å². The second kappa shape index (κ2) is 34.9. The van der Waals surface area contributed by atoms with Gasteiger partial charge in [-0.2, -0.15) is 0 Å². The van der Waals surface area contributed by atoms with Gasteiger partial charge in [-0.05, 0) is 139 Å². The minimum absolute atomic E-state index is 0. The molecule has 6 aliphatic rings. The molecule has 6 rings (SSSR count). The molecular weight excluding hydrogens is 633 g/mol. The van der Waals surface area contributed by atoms with Gasteiger partial charge in [0.2, 0.25) is 0 Å². The molecule has 0 aromatic carbocycles. The highest BCUT2D eigenvalue weighted by Gasteiger charge is 2.15. The molecule has 2 nitrogen and oxygen atoms in total. The zero-order chi connectivity index (χ0) is 35.9. The molecule has 0 radical (unpaired) electrons. The van der Waals surface area contributed by atoms with Crippen LogP contribution in [0, 0.1) is 47.3 Å². The summed E-state index contributed by atoms with van der Waals surface area (Å²) >= 11 is 0. The van der Waals surface area contributed by atoms with Crippen LogP contribution in [0.1, 0.15) is 231 Å². The Kier molecular flexibility index (Phi) is 39.0. The van der Waals surface area contributed by atoms with Crippen LogP contribution in [0.3, 0.4) is 0 Å². The Balaban J connectivity index is -0.000000125. The van der Waals surface area contributed by atoms with Crippen molar-refractivity contribution < 1.29 is 12.3 Å². The highest BCUT2D eigenvalue weighted by molar-refractivity contribution is 5.02. The van der Waals surface area contributed by atoms with Crippen LogP contribution in [0.15, 0.2) is 23.3 Å². The zero-order valence-corrected chi connectivity index (χ0v) is 34.9. The summed E-state index contributed by atoms with van der Waals surface area (Å²) in [4.78, 5) is 0. The van der Waals surface area contributed by atoms with Crippen LogP contribution >= 0.6 is 0 Å². The van der Waals surface area contributed by atoms with Crippen molar-refractivity contribution in [1.82, 2.24) is 0 Å². The van der Waals surface area contributed by atoms with E-state index in [0.29, 0.717) is 12.2 Å². The quantitative estimate of drug-likeness (QED) is 0.230. The summed E-state index contributed by atoms with van der Waals surface area (Å²) in [6.45, 7) is 29.3. The number of ether oxygens (including phenoxy) is 2. The molecule has 0 aromatic heterocycles. The van der Waals surface area contributed by atoms with E-state index in [0.717, 1.165) is 60.6 Å². The van der Waals surface area contributed by atoms with Gasteiger partial charge < -0.3 is 9.47 Å². The molecule has 2 saturated carbocycles. The molecule has 0 bridgehead atoms. The van der Waals surface area contributed by atoms with Gasteiger partial charge >= 0.3 is 0 Å². The van der Waals surface area contributed by atoms with E-state index in [4.69, 9.17) is 9.47 Å². The number of rotatable bonds is 0. The molecule has 2 saturated heterocycles. The van der Waals surface area contributed by atoms with E-state index in [2.05, 4.69) is 95.2 Å². The van der Waals surface area contributed by atoms with E-state index in [1.807, 2.05) is 0 Å².